The zero-order chi connectivity index (χ0) is 9.68. The van der Waals surface area contributed by atoms with Crippen LogP contribution in [0.5, 0.6) is 0 Å². The van der Waals surface area contributed by atoms with Gasteiger partial charge in [-0.3, -0.25) is 0 Å². The highest BCUT2D eigenvalue weighted by molar-refractivity contribution is 9.10. The number of hydrogen-bond donors (Lipinski definition) is 1. The minimum absolute atomic E-state index is 0.638. The Morgan fingerprint density at radius 1 is 1.62 bits per heavy atom. The molecule has 1 unspecified atom stereocenters. The van der Waals surface area contributed by atoms with Crippen molar-refractivity contribution in [1.82, 2.24) is 4.98 Å². The Balaban J connectivity index is 2.41. The molecule has 0 aliphatic heterocycles. The first kappa shape index (κ1) is 11.4. The molecule has 0 spiro atoms. The van der Waals surface area contributed by atoms with Gasteiger partial charge >= 0.3 is 0 Å². The highest BCUT2D eigenvalue weighted by Crippen LogP contribution is 2.20. The van der Waals surface area contributed by atoms with Gasteiger partial charge in [0.15, 0.2) is 0 Å². The van der Waals surface area contributed by atoms with E-state index in [0.717, 1.165) is 21.0 Å². The molecule has 13 heavy (non-hydrogen) atoms. The van der Waals surface area contributed by atoms with Gasteiger partial charge in [0, 0.05) is 16.4 Å². The van der Waals surface area contributed by atoms with Crippen LogP contribution in [0.4, 0.5) is 0 Å². The van der Waals surface area contributed by atoms with Crippen LogP contribution in [0.15, 0.2) is 27.8 Å². The van der Waals surface area contributed by atoms with E-state index >= 15 is 0 Å². The fourth-order valence-electron chi connectivity index (χ4n) is 0.728. The third kappa shape index (κ3) is 4.38. The molecular weight excluding hydrogens is 266 g/mol. The molecule has 0 aliphatic rings. The van der Waals surface area contributed by atoms with Crippen LogP contribution in [0.3, 0.4) is 0 Å². The Morgan fingerprint density at radius 3 is 2.92 bits per heavy atom. The number of hydrogen-bond acceptors (Lipinski definition) is 3. The maximum Gasteiger partial charge on any atom is 0.0960 e. The Labute approximate surface area is 97.3 Å². The summed E-state index contributed by atoms with van der Waals surface area (Å²) in [5.41, 5.74) is 0. The summed E-state index contributed by atoms with van der Waals surface area (Å²) in [5, 5.41) is 1.08. The van der Waals surface area contributed by atoms with E-state index in [1.165, 1.54) is 0 Å². The van der Waals surface area contributed by atoms with Gasteiger partial charge in [-0.05, 0) is 39.7 Å². The number of halogens is 1. The highest BCUT2D eigenvalue weighted by Gasteiger charge is 2.01. The van der Waals surface area contributed by atoms with Crippen molar-refractivity contribution in [3.05, 3.63) is 22.8 Å². The Bertz CT molecular complexity index is 250. The van der Waals surface area contributed by atoms with Crippen LogP contribution < -0.4 is 0 Å². The number of thioether (sulfide) groups is 1. The Kier molecular flexibility index (Phi) is 5.21. The molecule has 0 fully saturated rings. The summed E-state index contributed by atoms with van der Waals surface area (Å²) in [5.74, 6) is 2.65. The SMILES string of the molecule is CC(CS)CSc1ccc(Br)cn1. The molecule has 72 valence electrons. The maximum atomic E-state index is 4.28. The van der Waals surface area contributed by atoms with Crippen molar-refractivity contribution in [1.29, 1.82) is 0 Å². The monoisotopic (exact) mass is 277 g/mol. The molecule has 0 saturated carbocycles. The number of pyridine rings is 1. The summed E-state index contributed by atoms with van der Waals surface area (Å²) in [7, 11) is 0. The quantitative estimate of drug-likeness (QED) is 0.668. The van der Waals surface area contributed by atoms with Gasteiger partial charge in [-0.2, -0.15) is 12.6 Å². The first-order valence-corrected chi connectivity index (χ1v) is 6.48. The van der Waals surface area contributed by atoms with E-state index in [4.69, 9.17) is 0 Å². The second-order valence-electron chi connectivity index (χ2n) is 2.91. The molecule has 0 bridgehead atoms. The lowest BCUT2D eigenvalue weighted by Crippen LogP contribution is -1.99. The fourth-order valence-corrected chi connectivity index (χ4v) is 2.13. The Hall–Kier alpha value is 0.330. The third-order valence-electron chi connectivity index (χ3n) is 1.53. The summed E-state index contributed by atoms with van der Waals surface area (Å²) in [6, 6.07) is 4.04. The summed E-state index contributed by atoms with van der Waals surface area (Å²) in [4.78, 5) is 4.28. The van der Waals surface area contributed by atoms with Gasteiger partial charge in [-0.25, -0.2) is 4.98 Å². The molecule has 0 radical (unpaired) electrons. The lowest BCUT2D eigenvalue weighted by molar-refractivity contribution is 0.766. The normalized spacial score (nSPS) is 12.8. The minimum Gasteiger partial charge on any atom is -0.249 e. The van der Waals surface area contributed by atoms with Crippen molar-refractivity contribution in [2.45, 2.75) is 11.9 Å². The van der Waals surface area contributed by atoms with Gasteiger partial charge in [-0.15, -0.1) is 11.8 Å². The smallest absolute Gasteiger partial charge is 0.0960 e. The predicted octanol–water partition coefficient (Wildman–Crippen LogP) is 3.50. The van der Waals surface area contributed by atoms with Crippen LogP contribution >= 0.6 is 40.3 Å². The number of rotatable bonds is 4. The van der Waals surface area contributed by atoms with E-state index in [-0.39, 0.29) is 0 Å². The van der Waals surface area contributed by atoms with E-state index in [0.29, 0.717) is 5.92 Å². The van der Waals surface area contributed by atoms with E-state index in [1.54, 1.807) is 11.8 Å². The minimum atomic E-state index is 0.638. The van der Waals surface area contributed by atoms with Crippen LogP contribution in [-0.4, -0.2) is 16.5 Å². The number of thiol groups is 1. The lowest BCUT2D eigenvalue weighted by Gasteiger charge is -2.06. The van der Waals surface area contributed by atoms with Gasteiger partial charge in [0.1, 0.15) is 0 Å². The second kappa shape index (κ2) is 5.94. The summed E-state index contributed by atoms with van der Waals surface area (Å²) >= 11 is 9.37. The lowest BCUT2D eigenvalue weighted by atomic mass is 10.3. The Morgan fingerprint density at radius 2 is 2.38 bits per heavy atom. The number of aromatic nitrogens is 1. The second-order valence-corrected chi connectivity index (χ2v) is 5.23. The molecule has 0 saturated heterocycles. The molecule has 0 amide bonds. The zero-order valence-corrected chi connectivity index (χ0v) is 10.7. The fraction of sp³-hybridized carbons (Fsp3) is 0.444. The van der Waals surface area contributed by atoms with E-state index in [9.17, 15) is 0 Å². The molecule has 1 atom stereocenters. The van der Waals surface area contributed by atoms with Gasteiger partial charge in [0.25, 0.3) is 0 Å². The average Bonchev–Trinajstić information content (AvgIpc) is 2.16. The molecule has 0 aromatic carbocycles. The standard InChI is InChI=1S/C9H12BrNS2/c1-7(5-12)6-13-9-3-2-8(10)4-11-9/h2-4,7,12H,5-6H2,1H3. The molecule has 1 aromatic rings. The molecule has 4 heteroatoms. The topological polar surface area (TPSA) is 12.9 Å². The van der Waals surface area contributed by atoms with Crippen molar-refractivity contribution >= 4 is 40.3 Å². The molecule has 0 aliphatic carbocycles. The van der Waals surface area contributed by atoms with Gasteiger partial charge in [0.2, 0.25) is 0 Å². The van der Waals surface area contributed by atoms with E-state index in [1.807, 2.05) is 18.3 Å². The zero-order valence-electron chi connectivity index (χ0n) is 7.40. The first-order chi connectivity index (χ1) is 6.22. The van der Waals surface area contributed by atoms with E-state index < -0.39 is 0 Å². The molecule has 1 aromatic heterocycles. The van der Waals surface area contributed by atoms with Crippen molar-refractivity contribution in [2.24, 2.45) is 5.92 Å². The predicted molar refractivity (Wildman–Crippen MR) is 65.7 cm³/mol. The van der Waals surface area contributed by atoms with Crippen molar-refractivity contribution in [2.75, 3.05) is 11.5 Å². The molecule has 1 nitrogen and oxygen atoms in total. The van der Waals surface area contributed by atoms with Gasteiger partial charge < -0.3 is 0 Å². The van der Waals surface area contributed by atoms with Crippen molar-refractivity contribution in [3.63, 3.8) is 0 Å². The van der Waals surface area contributed by atoms with E-state index in [2.05, 4.69) is 40.5 Å². The van der Waals surface area contributed by atoms with Crippen molar-refractivity contribution in [3.8, 4) is 0 Å². The van der Waals surface area contributed by atoms with Crippen LogP contribution in [0.2, 0.25) is 0 Å². The van der Waals surface area contributed by atoms with Gasteiger partial charge in [0.05, 0.1) is 5.03 Å². The number of nitrogens with zero attached hydrogens (tertiary/aromatic N) is 1. The molecule has 1 rings (SSSR count). The largest absolute Gasteiger partial charge is 0.249 e. The summed E-state index contributed by atoms with van der Waals surface area (Å²) < 4.78 is 1.03. The summed E-state index contributed by atoms with van der Waals surface area (Å²) in [6.45, 7) is 2.19. The highest BCUT2D eigenvalue weighted by atomic mass is 79.9. The van der Waals surface area contributed by atoms with Crippen LogP contribution in [0.1, 0.15) is 6.92 Å². The third-order valence-corrected chi connectivity index (χ3v) is 3.89. The van der Waals surface area contributed by atoms with Crippen LogP contribution in [-0.2, 0) is 0 Å². The molecule has 0 N–H and O–H groups in total. The molecular formula is C9H12BrNS2. The van der Waals surface area contributed by atoms with Crippen molar-refractivity contribution < 1.29 is 0 Å². The summed E-state index contributed by atoms with van der Waals surface area (Å²) in [6.07, 6.45) is 1.83. The van der Waals surface area contributed by atoms with Crippen LogP contribution in [0, 0.1) is 5.92 Å². The first-order valence-electron chi connectivity index (χ1n) is 4.07. The van der Waals surface area contributed by atoms with Crippen LogP contribution in [0.25, 0.3) is 0 Å². The molecule has 1 heterocycles. The maximum absolute atomic E-state index is 4.28. The van der Waals surface area contributed by atoms with Gasteiger partial charge in [-0.1, -0.05) is 6.92 Å². The average molecular weight is 278 g/mol.